The highest BCUT2D eigenvalue weighted by molar-refractivity contribution is 5.89. The van der Waals surface area contributed by atoms with Gasteiger partial charge in [0.25, 0.3) is 0 Å². The Morgan fingerprint density at radius 2 is 0.699 bits per heavy atom. The Hall–Kier alpha value is -5.16. The molecule has 0 bridgehead atoms. The molecule has 0 amide bonds. The van der Waals surface area contributed by atoms with Gasteiger partial charge < -0.3 is 19.3 Å². The number of para-hydroxylation sites is 2. The van der Waals surface area contributed by atoms with Crippen LogP contribution in [0.5, 0.6) is 0 Å². The lowest BCUT2D eigenvalue weighted by molar-refractivity contribution is -0.122. The average molecular weight is 973 g/mol. The minimum Gasteiger partial charge on any atom is -0.360 e. The minimum atomic E-state index is -0.353. The SMILES string of the molecule is CCCCCCCCC1(CCCCCCCC)c2cc(N(c3ccccc3)c3ccc4c(c3)C(C)(C)OC43CCCC3)ccc2-c2ccc(N(c3ccccc3)c3ccc4c(c3)C(C)(C)OC43CCCC3)cc21. The summed E-state index contributed by atoms with van der Waals surface area (Å²) in [5.74, 6) is 0. The van der Waals surface area contributed by atoms with E-state index in [-0.39, 0.29) is 27.8 Å². The van der Waals surface area contributed by atoms with Gasteiger partial charge in [0, 0.05) is 39.5 Å². The molecule has 0 atom stereocenters. The van der Waals surface area contributed by atoms with Crippen molar-refractivity contribution in [3.8, 4) is 11.1 Å². The molecule has 5 aliphatic rings. The summed E-state index contributed by atoms with van der Waals surface area (Å²) in [4.78, 5) is 5.08. The van der Waals surface area contributed by atoms with Crippen LogP contribution in [0.25, 0.3) is 11.1 Å². The molecule has 6 aromatic carbocycles. The maximum atomic E-state index is 7.08. The van der Waals surface area contributed by atoms with E-state index in [2.05, 4.69) is 185 Å². The standard InChI is InChI=1S/C69H84N2O2/c1-7-9-11-13-15-23-41-67(42-24-16-14-12-10-8-2)61-47-53(70(51-29-19-17-20-30-51)55-35-39-59-63(49-55)65(3,4)72-68(59)43-25-26-44-68)33-37-57(61)58-38-34-54(48-62(58)67)71(52-31-21-18-22-32-52)56-36-40-60-64(50-56)66(5,6)73-69(60)45-27-28-46-69/h17-22,29-40,47-50H,7-16,23-28,41-46H2,1-6H3. The second kappa shape index (κ2) is 20.5. The van der Waals surface area contributed by atoms with E-state index in [0.29, 0.717) is 0 Å². The molecule has 3 aliphatic carbocycles. The second-order valence-electron chi connectivity index (χ2n) is 24.0. The van der Waals surface area contributed by atoms with Crippen LogP contribution in [-0.2, 0) is 37.3 Å². The van der Waals surface area contributed by atoms with Crippen molar-refractivity contribution in [2.24, 2.45) is 0 Å². The van der Waals surface area contributed by atoms with Crippen LogP contribution in [0.15, 0.2) is 133 Å². The highest BCUT2D eigenvalue weighted by atomic mass is 16.5. The zero-order valence-corrected chi connectivity index (χ0v) is 45.5. The number of benzene rings is 6. The van der Waals surface area contributed by atoms with E-state index in [1.807, 2.05) is 0 Å². The molecular formula is C69H84N2O2. The summed E-state index contributed by atoms with van der Waals surface area (Å²) in [6.45, 7) is 13.8. The Morgan fingerprint density at radius 3 is 1.08 bits per heavy atom. The van der Waals surface area contributed by atoms with E-state index in [4.69, 9.17) is 9.47 Å². The predicted octanol–water partition coefficient (Wildman–Crippen LogP) is 20.5. The molecule has 6 aromatic rings. The minimum absolute atomic E-state index is 0.137. The number of rotatable bonds is 20. The van der Waals surface area contributed by atoms with Crippen molar-refractivity contribution in [3.63, 3.8) is 0 Å². The van der Waals surface area contributed by atoms with E-state index in [1.165, 1.54) is 181 Å². The molecule has 11 rings (SSSR count). The lowest BCUT2D eigenvalue weighted by Crippen LogP contribution is -2.26. The summed E-state index contributed by atoms with van der Waals surface area (Å²) in [6, 6.07) is 51.9. The van der Waals surface area contributed by atoms with Gasteiger partial charge in [-0.25, -0.2) is 0 Å². The summed E-state index contributed by atoms with van der Waals surface area (Å²) in [5.41, 5.74) is 17.4. The van der Waals surface area contributed by atoms with Crippen LogP contribution in [0.1, 0.15) is 216 Å². The third-order valence-electron chi connectivity index (χ3n) is 18.3. The Kier molecular flexibility index (Phi) is 14.1. The van der Waals surface area contributed by atoms with Crippen molar-refractivity contribution in [2.75, 3.05) is 9.80 Å². The van der Waals surface area contributed by atoms with Crippen molar-refractivity contribution in [3.05, 3.63) is 167 Å². The van der Waals surface area contributed by atoms with E-state index < -0.39 is 0 Å². The van der Waals surface area contributed by atoms with Crippen molar-refractivity contribution in [1.29, 1.82) is 0 Å². The first-order valence-corrected chi connectivity index (χ1v) is 29.2. The molecule has 2 fully saturated rings. The molecule has 4 heteroatoms. The molecule has 0 aromatic heterocycles. The van der Waals surface area contributed by atoms with E-state index in [1.54, 1.807) is 0 Å². The van der Waals surface area contributed by atoms with Crippen LogP contribution in [-0.4, -0.2) is 0 Å². The normalized spacial score (nSPS) is 18.8. The fourth-order valence-electron chi connectivity index (χ4n) is 14.8. The molecule has 4 nitrogen and oxygen atoms in total. The summed E-state index contributed by atoms with van der Waals surface area (Å²) in [6.07, 6.45) is 27.2. The molecule has 0 saturated heterocycles. The second-order valence-corrected chi connectivity index (χ2v) is 24.0. The van der Waals surface area contributed by atoms with Crippen molar-refractivity contribution in [1.82, 2.24) is 0 Å². The fourth-order valence-corrected chi connectivity index (χ4v) is 14.8. The molecule has 2 aliphatic heterocycles. The summed E-state index contributed by atoms with van der Waals surface area (Å²) >= 11 is 0. The summed E-state index contributed by atoms with van der Waals surface area (Å²) in [7, 11) is 0. The van der Waals surface area contributed by atoms with Crippen LogP contribution in [0, 0.1) is 0 Å². The zero-order valence-electron chi connectivity index (χ0n) is 45.5. The van der Waals surface area contributed by atoms with Gasteiger partial charge in [0.2, 0.25) is 0 Å². The van der Waals surface area contributed by atoms with Gasteiger partial charge in [-0.05, 0) is 184 Å². The van der Waals surface area contributed by atoms with Crippen LogP contribution < -0.4 is 9.80 Å². The Bertz CT molecular complexity index is 2670. The molecule has 0 unspecified atom stereocenters. The van der Waals surface area contributed by atoms with Gasteiger partial charge in [0.15, 0.2) is 0 Å². The van der Waals surface area contributed by atoms with Crippen LogP contribution in [0.2, 0.25) is 0 Å². The molecule has 2 saturated carbocycles. The van der Waals surface area contributed by atoms with Gasteiger partial charge in [-0.1, -0.05) is 177 Å². The van der Waals surface area contributed by atoms with Crippen molar-refractivity contribution in [2.45, 2.75) is 211 Å². The summed E-state index contributed by atoms with van der Waals surface area (Å²) < 4.78 is 14.2. The molecule has 2 spiro atoms. The quantitative estimate of drug-likeness (QED) is 0.0712. The third kappa shape index (κ3) is 9.19. The van der Waals surface area contributed by atoms with E-state index >= 15 is 0 Å². The Labute approximate surface area is 439 Å². The first kappa shape index (κ1) is 50.0. The maximum Gasteiger partial charge on any atom is 0.0946 e. The molecule has 0 N–H and O–H groups in total. The molecule has 382 valence electrons. The number of ether oxygens (including phenoxy) is 2. The number of hydrogen-bond donors (Lipinski definition) is 0. The fraction of sp³-hybridized carbons (Fsp3) is 0.478. The van der Waals surface area contributed by atoms with E-state index in [9.17, 15) is 0 Å². The first-order chi connectivity index (χ1) is 35.5. The number of fused-ring (bicyclic) bond motifs is 7. The van der Waals surface area contributed by atoms with Gasteiger partial charge in [-0.2, -0.15) is 0 Å². The predicted molar refractivity (Wildman–Crippen MR) is 307 cm³/mol. The number of hydrogen-bond acceptors (Lipinski definition) is 4. The molecular weight excluding hydrogens is 889 g/mol. The highest BCUT2D eigenvalue weighted by Gasteiger charge is 2.52. The first-order valence-electron chi connectivity index (χ1n) is 29.2. The smallest absolute Gasteiger partial charge is 0.0946 e. The van der Waals surface area contributed by atoms with Crippen molar-refractivity contribution >= 4 is 34.1 Å². The van der Waals surface area contributed by atoms with Gasteiger partial charge in [0.05, 0.1) is 22.4 Å². The average Bonchev–Trinajstić information content (AvgIpc) is 4.22. The largest absolute Gasteiger partial charge is 0.360 e. The lowest BCUT2D eigenvalue weighted by atomic mass is 9.70. The molecule has 0 radical (unpaired) electrons. The monoisotopic (exact) mass is 973 g/mol. The van der Waals surface area contributed by atoms with Gasteiger partial charge in [-0.15, -0.1) is 0 Å². The van der Waals surface area contributed by atoms with Crippen molar-refractivity contribution < 1.29 is 9.47 Å². The van der Waals surface area contributed by atoms with E-state index in [0.717, 1.165) is 38.5 Å². The van der Waals surface area contributed by atoms with Crippen LogP contribution >= 0.6 is 0 Å². The topological polar surface area (TPSA) is 24.9 Å². The zero-order chi connectivity index (χ0) is 50.3. The molecule has 73 heavy (non-hydrogen) atoms. The Balaban J connectivity index is 1.06. The molecule has 2 heterocycles. The maximum absolute atomic E-state index is 7.08. The lowest BCUT2D eigenvalue weighted by Gasteiger charge is -2.35. The summed E-state index contributed by atoms with van der Waals surface area (Å²) in [5, 5.41) is 0. The third-order valence-corrected chi connectivity index (χ3v) is 18.3. The van der Waals surface area contributed by atoms with Gasteiger partial charge in [-0.3, -0.25) is 0 Å². The Morgan fingerprint density at radius 1 is 0.356 bits per heavy atom. The van der Waals surface area contributed by atoms with Gasteiger partial charge >= 0.3 is 0 Å². The number of unbranched alkanes of at least 4 members (excludes halogenated alkanes) is 10. The van der Waals surface area contributed by atoms with Crippen LogP contribution in [0.4, 0.5) is 34.1 Å². The number of anilines is 6. The number of nitrogens with zero attached hydrogens (tertiary/aromatic N) is 2. The highest BCUT2D eigenvalue weighted by Crippen LogP contribution is 2.60. The van der Waals surface area contributed by atoms with Gasteiger partial charge in [0.1, 0.15) is 0 Å². The van der Waals surface area contributed by atoms with Crippen LogP contribution in [0.3, 0.4) is 0 Å².